The SMILES string of the molecule is O=C(Nc1ccc(Cl)cc1)[C@@H]1Cc2ccccc2O1. The molecule has 0 unspecified atom stereocenters. The third-order valence-corrected chi connectivity index (χ3v) is 3.30. The Morgan fingerprint density at radius 3 is 2.63 bits per heavy atom. The molecule has 0 bridgehead atoms. The molecule has 0 aliphatic carbocycles. The maximum atomic E-state index is 12.1. The highest BCUT2D eigenvalue weighted by molar-refractivity contribution is 6.30. The summed E-state index contributed by atoms with van der Waals surface area (Å²) < 4.78 is 5.63. The molecule has 2 aromatic carbocycles. The zero-order valence-electron chi connectivity index (χ0n) is 10.1. The normalized spacial score (nSPS) is 16.6. The van der Waals surface area contributed by atoms with Crippen molar-refractivity contribution in [2.45, 2.75) is 12.5 Å². The lowest BCUT2D eigenvalue weighted by atomic mass is 10.1. The van der Waals surface area contributed by atoms with Crippen molar-refractivity contribution >= 4 is 23.2 Å². The lowest BCUT2D eigenvalue weighted by Gasteiger charge is -2.11. The monoisotopic (exact) mass is 273 g/mol. The zero-order valence-corrected chi connectivity index (χ0v) is 10.9. The molecule has 0 saturated heterocycles. The number of para-hydroxylation sites is 1. The smallest absolute Gasteiger partial charge is 0.265 e. The molecule has 1 atom stereocenters. The van der Waals surface area contributed by atoms with E-state index in [1.165, 1.54) is 0 Å². The Morgan fingerprint density at radius 1 is 1.16 bits per heavy atom. The Kier molecular flexibility index (Phi) is 3.13. The number of amides is 1. The van der Waals surface area contributed by atoms with Gasteiger partial charge >= 0.3 is 0 Å². The minimum atomic E-state index is -0.465. The number of anilines is 1. The van der Waals surface area contributed by atoms with Crippen molar-refractivity contribution < 1.29 is 9.53 Å². The Hall–Kier alpha value is -2.00. The first-order valence-electron chi connectivity index (χ1n) is 6.03. The van der Waals surface area contributed by atoms with E-state index in [1.807, 2.05) is 24.3 Å². The van der Waals surface area contributed by atoms with E-state index >= 15 is 0 Å². The molecule has 0 fully saturated rings. The van der Waals surface area contributed by atoms with E-state index in [4.69, 9.17) is 16.3 Å². The molecule has 1 aliphatic rings. The quantitative estimate of drug-likeness (QED) is 0.912. The highest BCUT2D eigenvalue weighted by Crippen LogP contribution is 2.28. The first kappa shape index (κ1) is 12.1. The van der Waals surface area contributed by atoms with Gasteiger partial charge in [0.25, 0.3) is 5.91 Å². The fourth-order valence-electron chi connectivity index (χ4n) is 2.08. The summed E-state index contributed by atoms with van der Waals surface area (Å²) in [5.74, 6) is 0.650. The molecule has 1 aliphatic heterocycles. The fraction of sp³-hybridized carbons (Fsp3) is 0.133. The molecular formula is C15H12ClNO2. The van der Waals surface area contributed by atoms with E-state index in [0.717, 1.165) is 11.3 Å². The van der Waals surface area contributed by atoms with Gasteiger partial charge in [0, 0.05) is 17.1 Å². The standard InChI is InChI=1S/C15H12ClNO2/c16-11-5-7-12(8-6-11)17-15(18)14-9-10-3-1-2-4-13(10)19-14/h1-8,14H,9H2,(H,17,18)/t14-/m0/s1. The number of nitrogens with one attached hydrogen (secondary N) is 1. The number of hydrogen-bond donors (Lipinski definition) is 1. The number of halogens is 1. The van der Waals surface area contributed by atoms with E-state index in [0.29, 0.717) is 17.1 Å². The highest BCUT2D eigenvalue weighted by Gasteiger charge is 2.28. The van der Waals surface area contributed by atoms with Gasteiger partial charge in [0.05, 0.1) is 0 Å². The molecule has 4 heteroatoms. The van der Waals surface area contributed by atoms with Crippen LogP contribution in [0.2, 0.25) is 5.02 Å². The second-order valence-electron chi connectivity index (χ2n) is 4.41. The van der Waals surface area contributed by atoms with Crippen LogP contribution in [0.3, 0.4) is 0 Å². The fourth-order valence-corrected chi connectivity index (χ4v) is 2.21. The van der Waals surface area contributed by atoms with Crippen molar-refractivity contribution in [3.05, 3.63) is 59.1 Å². The minimum absolute atomic E-state index is 0.140. The van der Waals surface area contributed by atoms with Crippen LogP contribution in [0, 0.1) is 0 Å². The summed E-state index contributed by atoms with van der Waals surface area (Å²) >= 11 is 5.80. The average Bonchev–Trinajstić information content (AvgIpc) is 2.85. The predicted molar refractivity (Wildman–Crippen MR) is 74.6 cm³/mol. The van der Waals surface area contributed by atoms with Crippen molar-refractivity contribution in [3.8, 4) is 5.75 Å². The van der Waals surface area contributed by atoms with Gasteiger partial charge in [-0.05, 0) is 35.9 Å². The number of ether oxygens (including phenoxy) is 1. The van der Waals surface area contributed by atoms with Gasteiger partial charge in [-0.3, -0.25) is 4.79 Å². The van der Waals surface area contributed by atoms with Crippen molar-refractivity contribution in [1.29, 1.82) is 0 Å². The Labute approximate surface area is 116 Å². The first-order chi connectivity index (χ1) is 9.22. The van der Waals surface area contributed by atoms with E-state index in [2.05, 4.69) is 5.32 Å². The van der Waals surface area contributed by atoms with E-state index in [1.54, 1.807) is 24.3 Å². The lowest BCUT2D eigenvalue weighted by Crippen LogP contribution is -2.31. The lowest BCUT2D eigenvalue weighted by molar-refractivity contribution is -0.122. The Balaban J connectivity index is 1.68. The third kappa shape index (κ3) is 2.56. The highest BCUT2D eigenvalue weighted by atomic mass is 35.5. The summed E-state index contributed by atoms with van der Waals surface area (Å²) in [6.07, 6.45) is 0.142. The molecular weight excluding hydrogens is 262 g/mol. The van der Waals surface area contributed by atoms with Crippen molar-refractivity contribution in [2.75, 3.05) is 5.32 Å². The molecule has 1 heterocycles. The second kappa shape index (κ2) is 4.94. The van der Waals surface area contributed by atoms with Crippen LogP contribution in [-0.2, 0) is 11.2 Å². The van der Waals surface area contributed by atoms with Crippen LogP contribution < -0.4 is 10.1 Å². The molecule has 19 heavy (non-hydrogen) atoms. The van der Waals surface area contributed by atoms with E-state index < -0.39 is 6.10 Å². The van der Waals surface area contributed by atoms with Crippen LogP contribution in [0.4, 0.5) is 5.69 Å². The van der Waals surface area contributed by atoms with Crippen LogP contribution in [0.5, 0.6) is 5.75 Å². The summed E-state index contributed by atoms with van der Waals surface area (Å²) in [5.41, 5.74) is 1.78. The molecule has 1 amide bonds. The van der Waals surface area contributed by atoms with Gasteiger partial charge in [0.1, 0.15) is 5.75 Å². The minimum Gasteiger partial charge on any atom is -0.480 e. The van der Waals surface area contributed by atoms with Gasteiger partial charge in [-0.25, -0.2) is 0 Å². The second-order valence-corrected chi connectivity index (χ2v) is 4.85. The third-order valence-electron chi connectivity index (χ3n) is 3.05. The molecule has 1 N–H and O–H groups in total. The number of rotatable bonds is 2. The van der Waals surface area contributed by atoms with Crippen LogP contribution in [0.15, 0.2) is 48.5 Å². The number of hydrogen-bond acceptors (Lipinski definition) is 2. The maximum absolute atomic E-state index is 12.1. The summed E-state index contributed by atoms with van der Waals surface area (Å²) in [6, 6.07) is 14.7. The summed E-state index contributed by atoms with van der Waals surface area (Å²) in [7, 11) is 0. The van der Waals surface area contributed by atoms with Crippen LogP contribution in [-0.4, -0.2) is 12.0 Å². The van der Waals surface area contributed by atoms with Gasteiger partial charge in [-0.2, -0.15) is 0 Å². The van der Waals surface area contributed by atoms with Gasteiger partial charge in [-0.15, -0.1) is 0 Å². The van der Waals surface area contributed by atoms with Crippen LogP contribution >= 0.6 is 11.6 Å². The van der Waals surface area contributed by atoms with Gasteiger partial charge in [0.2, 0.25) is 0 Å². The van der Waals surface area contributed by atoms with Gasteiger partial charge in [0.15, 0.2) is 6.10 Å². The molecule has 2 aromatic rings. The molecule has 96 valence electrons. The largest absolute Gasteiger partial charge is 0.480 e. The molecule has 3 rings (SSSR count). The maximum Gasteiger partial charge on any atom is 0.265 e. The molecule has 0 spiro atoms. The topological polar surface area (TPSA) is 38.3 Å². The summed E-state index contributed by atoms with van der Waals surface area (Å²) in [4.78, 5) is 12.1. The van der Waals surface area contributed by atoms with Gasteiger partial charge < -0.3 is 10.1 Å². The molecule has 0 radical (unpaired) electrons. The number of benzene rings is 2. The zero-order chi connectivity index (χ0) is 13.2. The summed E-state index contributed by atoms with van der Waals surface area (Å²) in [6.45, 7) is 0. The molecule has 0 saturated carbocycles. The average molecular weight is 274 g/mol. The molecule has 3 nitrogen and oxygen atoms in total. The van der Waals surface area contributed by atoms with E-state index in [-0.39, 0.29) is 5.91 Å². The van der Waals surface area contributed by atoms with Crippen LogP contribution in [0.1, 0.15) is 5.56 Å². The number of carbonyl (C=O) groups is 1. The van der Waals surface area contributed by atoms with Crippen molar-refractivity contribution in [2.24, 2.45) is 0 Å². The first-order valence-corrected chi connectivity index (χ1v) is 6.41. The van der Waals surface area contributed by atoms with E-state index in [9.17, 15) is 4.79 Å². The van der Waals surface area contributed by atoms with Gasteiger partial charge in [-0.1, -0.05) is 29.8 Å². The Morgan fingerprint density at radius 2 is 1.89 bits per heavy atom. The Bertz CT molecular complexity index is 585. The predicted octanol–water partition coefficient (Wildman–Crippen LogP) is 3.28. The van der Waals surface area contributed by atoms with Crippen LogP contribution in [0.25, 0.3) is 0 Å². The number of carbonyl (C=O) groups excluding carboxylic acids is 1. The summed E-state index contributed by atoms with van der Waals surface area (Å²) in [5, 5.41) is 3.46. The van der Waals surface area contributed by atoms with Crippen molar-refractivity contribution in [3.63, 3.8) is 0 Å². The number of fused-ring (bicyclic) bond motifs is 1. The molecule has 0 aromatic heterocycles. The van der Waals surface area contributed by atoms with Crippen molar-refractivity contribution in [1.82, 2.24) is 0 Å².